The minimum absolute atomic E-state index is 0.0679. The fourth-order valence-corrected chi connectivity index (χ4v) is 1.60. The Bertz CT molecular complexity index is 243. The summed E-state index contributed by atoms with van der Waals surface area (Å²) in [6, 6.07) is 0. The SMILES string of the molecule is CCCCCN(CCC(=O)O)CC(C)C(=O)O. The molecule has 0 saturated carbocycles. The van der Waals surface area contributed by atoms with Crippen molar-refractivity contribution in [2.75, 3.05) is 19.6 Å². The van der Waals surface area contributed by atoms with Crippen LogP contribution in [0.3, 0.4) is 0 Å². The number of unbranched alkanes of at least 4 members (excludes halogenated alkanes) is 2. The van der Waals surface area contributed by atoms with Crippen LogP contribution < -0.4 is 0 Å². The molecule has 1 unspecified atom stereocenters. The molecular weight excluding hydrogens is 222 g/mol. The van der Waals surface area contributed by atoms with Crippen LogP contribution in [-0.4, -0.2) is 46.7 Å². The molecule has 0 aromatic heterocycles. The maximum absolute atomic E-state index is 10.8. The Morgan fingerprint density at radius 2 is 1.82 bits per heavy atom. The van der Waals surface area contributed by atoms with Gasteiger partial charge in [-0.3, -0.25) is 9.59 Å². The molecule has 0 amide bonds. The number of hydrogen-bond donors (Lipinski definition) is 2. The summed E-state index contributed by atoms with van der Waals surface area (Å²) in [6.45, 7) is 5.37. The van der Waals surface area contributed by atoms with E-state index in [1.54, 1.807) is 6.92 Å². The molecular formula is C12H23NO4. The van der Waals surface area contributed by atoms with E-state index in [-0.39, 0.29) is 6.42 Å². The Hall–Kier alpha value is -1.10. The van der Waals surface area contributed by atoms with Crippen molar-refractivity contribution in [3.05, 3.63) is 0 Å². The molecule has 2 N–H and O–H groups in total. The van der Waals surface area contributed by atoms with Crippen molar-refractivity contribution < 1.29 is 19.8 Å². The van der Waals surface area contributed by atoms with Gasteiger partial charge in [0.05, 0.1) is 12.3 Å². The highest BCUT2D eigenvalue weighted by Crippen LogP contribution is 2.05. The Balaban J connectivity index is 4.08. The first-order chi connectivity index (χ1) is 7.97. The van der Waals surface area contributed by atoms with Crippen LogP contribution in [0.5, 0.6) is 0 Å². The molecule has 5 heteroatoms. The van der Waals surface area contributed by atoms with Gasteiger partial charge in [-0.15, -0.1) is 0 Å². The van der Waals surface area contributed by atoms with Gasteiger partial charge < -0.3 is 15.1 Å². The molecule has 0 rings (SSSR count). The van der Waals surface area contributed by atoms with E-state index in [1.165, 1.54) is 0 Å². The molecule has 0 radical (unpaired) electrons. The minimum atomic E-state index is -0.839. The molecule has 0 aliphatic carbocycles. The van der Waals surface area contributed by atoms with E-state index in [0.717, 1.165) is 25.8 Å². The van der Waals surface area contributed by atoms with E-state index in [4.69, 9.17) is 10.2 Å². The van der Waals surface area contributed by atoms with Crippen molar-refractivity contribution in [1.82, 2.24) is 4.90 Å². The van der Waals surface area contributed by atoms with E-state index in [9.17, 15) is 9.59 Å². The lowest BCUT2D eigenvalue weighted by Gasteiger charge is -2.23. The van der Waals surface area contributed by atoms with Crippen molar-refractivity contribution in [3.63, 3.8) is 0 Å². The first-order valence-corrected chi connectivity index (χ1v) is 6.14. The molecule has 0 aliphatic rings. The molecule has 1 atom stereocenters. The molecule has 0 spiro atoms. The van der Waals surface area contributed by atoms with E-state index >= 15 is 0 Å². The molecule has 5 nitrogen and oxygen atoms in total. The van der Waals surface area contributed by atoms with Gasteiger partial charge in [0.15, 0.2) is 0 Å². The van der Waals surface area contributed by atoms with Crippen LogP contribution in [0.1, 0.15) is 39.5 Å². The van der Waals surface area contributed by atoms with Gasteiger partial charge in [0.25, 0.3) is 0 Å². The lowest BCUT2D eigenvalue weighted by atomic mass is 10.1. The molecule has 17 heavy (non-hydrogen) atoms. The monoisotopic (exact) mass is 245 g/mol. The maximum Gasteiger partial charge on any atom is 0.307 e. The van der Waals surface area contributed by atoms with Gasteiger partial charge in [-0.05, 0) is 13.0 Å². The number of rotatable bonds is 10. The topological polar surface area (TPSA) is 77.8 Å². The largest absolute Gasteiger partial charge is 0.481 e. The van der Waals surface area contributed by atoms with Gasteiger partial charge in [-0.1, -0.05) is 26.7 Å². The van der Waals surface area contributed by atoms with Crippen LogP contribution in [0.25, 0.3) is 0 Å². The quantitative estimate of drug-likeness (QED) is 0.572. The second kappa shape index (κ2) is 8.98. The van der Waals surface area contributed by atoms with Gasteiger partial charge in [-0.2, -0.15) is 0 Å². The Kier molecular flexibility index (Phi) is 8.40. The van der Waals surface area contributed by atoms with Crippen LogP contribution in [0.4, 0.5) is 0 Å². The van der Waals surface area contributed by atoms with Crippen molar-refractivity contribution in [2.24, 2.45) is 5.92 Å². The normalized spacial score (nSPS) is 12.6. The summed E-state index contributed by atoms with van der Waals surface area (Å²) in [5, 5.41) is 17.5. The fourth-order valence-electron chi connectivity index (χ4n) is 1.60. The average Bonchev–Trinajstić information content (AvgIpc) is 2.25. The third-order valence-electron chi connectivity index (χ3n) is 2.67. The first kappa shape index (κ1) is 15.9. The summed E-state index contributed by atoms with van der Waals surface area (Å²) in [4.78, 5) is 23.2. The lowest BCUT2D eigenvalue weighted by molar-refractivity contribution is -0.141. The summed E-state index contributed by atoms with van der Waals surface area (Å²) in [5.41, 5.74) is 0. The Morgan fingerprint density at radius 1 is 1.18 bits per heavy atom. The number of carbonyl (C=O) groups is 2. The molecule has 100 valence electrons. The second-order valence-electron chi connectivity index (χ2n) is 4.39. The predicted molar refractivity (Wildman–Crippen MR) is 65.0 cm³/mol. The summed E-state index contributed by atoms with van der Waals surface area (Å²) in [7, 11) is 0. The van der Waals surface area contributed by atoms with Crippen LogP contribution >= 0.6 is 0 Å². The van der Waals surface area contributed by atoms with Crippen LogP contribution in [0, 0.1) is 5.92 Å². The zero-order valence-electron chi connectivity index (χ0n) is 10.7. The van der Waals surface area contributed by atoms with Gasteiger partial charge in [0, 0.05) is 13.1 Å². The summed E-state index contributed by atoms with van der Waals surface area (Å²) >= 11 is 0. The van der Waals surface area contributed by atoms with Crippen molar-refractivity contribution in [3.8, 4) is 0 Å². The molecule has 0 fully saturated rings. The smallest absolute Gasteiger partial charge is 0.307 e. The highest BCUT2D eigenvalue weighted by atomic mass is 16.4. The van der Waals surface area contributed by atoms with Crippen molar-refractivity contribution in [1.29, 1.82) is 0 Å². The lowest BCUT2D eigenvalue weighted by Crippen LogP contribution is -2.34. The predicted octanol–water partition coefficient (Wildman–Crippen LogP) is 1.67. The third-order valence-corrected chi connectivity index (χ3v) is 2.67. The van der Waals surface area contributed by atoms with Crippen LogP contribution in [0.15, 0.2) is 0 Å². The summed E-state index contributed by atoms with van der Waals surface area (Å²) in [5.74, 6) is -2.13. The van der Waals surface area contributed by atoms with E-state index < -0.39 is 17.9 Å². The van der Waals surface area contributed by atoms with Gasteiger partial charge in [0.2, 0.25) is 0 Å². The summed E-state index contributed by atoms with van der Waals surface area (Å²) < 4.78 is 0. The number of nitrogens with zero attached hydrogens (tertiary/aromatic N) is 1. The number of carboxylic acids is 2. The fraction of sp³-hybridized carbons (Fsp3) is 0.833. The van der Waals surface area contributed by atoms with Crippen molar-refractivity contribution in [2.45, 2.75) is 39.5 Å². The Labute approximate surface area is 102 Å². The third kappa shape index (κ3) is 8.68. The molecule has 0 bridgehead atoms. The molecule has 0 heterocycles. The maximum atomic E-state index is 10.8. The van der Waals surface area contributed by atoms with Crippen molar-refractivity contribution >= 4 is 11.9 Å². The zero-order chi connectivity index (χ0) is 13.3. The first-order valence-electron chi connectivity index (χ1n) is 6.14. The van der Waals surface area contributed by atoms with Gasteiger partial charge in [0.1, 0.15) is 0 Å². The van der Waals surface area contributed by atoms with Gasteiger partial charge >= 0.3 is 11.9 Å². The Morgan fingerprint density at radius 3 is 2.29 bits per heavy atom. The standard InChI is InChI=1S/C12H23NO4/c1-3-4-5-7-13(8-6-11(14)15)9-10(2)12(16)17/h10H,3-9H2,1-2H3,(H,14,15)(H,16,17). The van der Waals surface area contributed by atoms with Crippen LogP contribution in [-0.2, 0) is 9.59 Å². The minimum Gasteiger partial charge on any atom is -0.481 e. The highest BCUT2D eigenvalue weighted by Gasteiger charge is 2.16. The number of hydrogen-bond acceptors (Lipinski definition) is 3. The van der Waals surface area contributed by atoms with Gasteiger partial charge in [-0.25, -0.2) is 0 Å². The zero-order valence-corrected chi connectivity index (χ0v) is 10.7. The van der Waals surface area contributed by atoms with Crippen LogP contribution in [0.2, 0.25) is 0 Å². The van der Waals surface area contributed by atoms with E-state index in [2.05, 4.69) is 6.92 Å². The molecule has 0 aromatic carbocycles. The summed E-state index contributed by atoms with van der Waals surface area (Å²) in [6.07, 6.45) is 3.24. The number of aliphatic carboxylic acids is 2. The second-order valence-corrected chi connectivity index (χ2v) is 4.39. The van der Waals surface area contributed by atoms with E-state index in [0.29, 0.717) is 13.1 Å². The number of carboxylic acid groups (broad SMARTS) is 2. The van der Waals surface area contributed by atoms with E-state index in [1.807, 2.05) is 4.90 Å². The average molecular weight is 245 g/mol. The highest BCUT2D eigenvalue weighted by molar-refractivity contribution is 5.69. The molecule has 0 aliphatic heterocycles. The molecule has 0 aromatic rings. The molecule has 0 saturated heterocycles.